The quantitative estimate of drug-likeness (QED) is 0.777. The summed E-state index contributed by atoms with van der Waals surface area (Å²) >= 11 is 7.08. The zero-order chi connectivity index (χ0) is 11.4. The molecule has 1 fully saturated rings. The van der Waals surface area contributed by atoms with Crippen LogP contribution in [0.2, 0.25) is 0 Å². The van der Waals surface area contributed by atoms with Crippen LogP contribution in [-0.2, 0) is 6.54 Å². The highest BCUT2D eigenvalue weighted by molar-refractivity contribution is 9.10. The van der Waals surface area contributed by atoms with Crippen LogP contribution in [0.1, 0.15) is 24.8 Å². The number of likely N-dealkylation sites (tertiary alicyclic amines) is 1. The normalized spacial score (nSPS) is 22.2. The number of nitrogens with zero attached hydrogens (tertiary/aromatic N) is 2. The predicted molar refractivity (Wildman–Crippen MR) is 73.8 cm³/mol. The summed E-state index contributed by atoms with van der Waals surface area (Å²) in [6, 6.07) is 2.85. The fourth-order valence-electron chi connectivity index (χ4n) is 2.22. The van der Waals surface area contributed by atoms with Gasteiger partial charge in [0.15, 0.2) is 0 Å². The second-order valence-corrected chi connectivity index (χ2v) is 5.85. The minimum atomic E-state index is 0.688. The van der Waals surface area contributed by atoms with Gasteiger partial charge in [0.2, 0.25) is 0 Å². The van der Waals surface area contributed by atoms with Gasteiger partial charge in [-0.2, -0.15) is 0 Å². The Morgan fingerprint density at radius 1 is 1.38 bits per heavy atom. The van der Waals surface area contributed by atoms with E-state index in [2.05, 4.69) is 47.8 Å². The number of rotatable bonds is 3. The van der Waals surface area contributed by atoms with Crippen LogP contribution in [-0.4, -0.2) is 27.8 Å². The lowest BCUT2D eigenvalue weighted by Gasteiger charge is -2.34. The summed E-state index contributed by atoms with van der Waals surface area (Å²) in [4.78, 5) is 6.77. The highest BCUT2D eigenvalue weighted by Gasteiger charge is 2.21. The van der Waals surface area contributed by atoms with E-state index in [-0.39, 0.29) is 0 Å². The standard InChI is InChI=1S/C12H16Br2N2/c13-6-12-3-1-2-4-16(12)9-10-5-11(14)8-15-7-10/h5,7-8,12H,1-4,6,9H2. The number of aromatic nitrogens is 1. The van der Waals surface area contributed by atoms with Crippen molar-refractivity contribution in [2.75, 3.05) is 11.9 Å². The highest BCUT2D eigenvalue weighted by atomic mass is 79.9. The molecule has 1 aromatic heterocycles. The maximum absolute atomic E-state index is 4.22. The summed E-state index contributed by atoms with van der Waals surface area (Å²) in [7, 11) is 0. The van der Waals surface area contributed by atoms with Crippen molar-refractivity contribution in [2.24, 2.45) is 0 Å². The van der Waals surface area contributed by atoms with Gasteiger partial charge in [0.25, 0.3) is 0 Å². The monoisotopic (exact) mass is 346 g/mol. The maximum Gasteiger partial charge on any atom is 0.0410 e. The summed E-state index contributed by atoms with van der Waals surface area (Å²) in [6.45, 7) is 2.23. The number of hydrogen-bond acceptors (Lipinski definition) is 2. The first-order valence-corrected chi connectivity index (χ1v) is 7.60. The Morgan fingerprint density at radius 2 is 2.25 bits per heavy atom. The predicted octanol–water partition coefficient (Wildman–Crippen LogP) is 3.59. The molecule has 88 valence electrons. The minimum absolute atomic E-state index is 0.688. The molecule has 0 amide bonds. The smallest absolute Gasteiger partial charge is 0.0410 e. The lowest BCUT2D eigenvalue weighted by Crippen LogP contribution is -2.39. The largest absolute Gasteiger partial charge is 0.295 e. The molecule has 0 spiro atoms. The molecule has 2 heterocycles. The fourth-order valence-corrected chi connectivity index (χ4v) is 3.37. The van der Waals surface area contributed by atoms with E-state index in [1.54, 1.807) is 0 Å². The molecule has 0 aromatic carbocycles. The molecule has 1 unspecified atom stereocenters. The van der Waals surface area contributed by atoms with Gasteiger partial charge >= 0.3 is 0 Å². The molecule has 0 aliphatic carbocycles. The van der Waals surface area contributed by atoms with Gasteiger partial charge in [0.1, 0.15) is 0 Å². The molecule has 4 heteroatoms. The zero-order valence-electron chi connectivity index (χ0n) is 9.20. The molecule has 1 saturated heterocycles. The van der Waals surface area contributed by atoms with E-state index in [4.69, 9.17) is 0 Å². The van der Waals surface area contributed by atoms with E-state index >= 15 is 0 Å². The first-order valence-electron chi connectivity index (χ1n) is 5.69. The first-order chi connectivity index (χ1) is 7.79. The number of piperidine rings is 1. The summed E-state index contributed by atoms with van der Waals surface area (Å²) in [5.74, 6) is 0. The lowest BCUT2D eigenvalue weighted by molar-refractivity contribution is 0.156. The number of halogens is 2. The zero-order valence-corrected chi connectivity index (χ0v) is 12.4. The third kappa shape index (κ3) is 3.28. The number of pyridine rings is 1. The van der Waals surface area contributed by atoms with Crippen LogP contribution < -0.4 is 0 Å². The van der Waals surface area contributed by atoms with Crippen LogP contribution >= 0.6 is 31.9 Å². The molecule has 2 nitrogen and oxygen atoms in total. The molecular weight excluding hydrogens is 332 g/mol. The van der Waals surface area contributed by atoms with Crippen molar-refractivity contribution in [1.29, 1.82) is 0 Å². The van der Waals surface area contributed by atoms with E-state index < -0.39 is 0 Å². The van der Waals surface area contributed by atoms with Crippen molar-refractivity contribution < 1.29 is 0 Å². The second-order valence-electron chi connectivity index (χ2n) is 4.29. The third-order valence-electron chi connectivity index (χ3n) is 3.07. The van der Waals surface area contributed by atoms with E-state index in [0.29, 0.717) is 6.04 Å². The summed E-state index contributed by atoms with van der Waals surface area (Å²) in [5.41, 5.74) is 1.29. The molecule has 1 atom stereocenters. The Morgan fingerprint density at radius 3 is 3.00 bits per heavy atom. The Balaban J connectivity index is 2.02. The molecule has 16 heavy (non-hydrogen) atoms. The van der Waals surface area contributed by atoms with Gasteiger partial charge in [-0.15, -0.1) is 0 Å². The van der Waals surface area contributed by atoms with Crippen LogP contribution in [0.3, 0.4) is 0 Å². The van der Waals surface area contributed by atoms with Gasteiger partial charge in [0.05, 0.1) is 0 Å². The molecule has 1 aromatic rings. The van der Waals surface area contributed by atoms with Crippen molar-refractivity contribution in [3.63, 3.8) is 0 Å². The molecular formula is C12H16Br2N2. The van der Waals surface area contributed by atoms with Gasteiger partial charge in [-0.05, 0) is 46.9 Å². The van der Waals surface area contributed by atoms with Crippen LogP contribution in [0.25, 0.3) is 0 Å². The van der Waals surface area contributed by atoms with E-state index in [9.17, 15) is 0 Å². The molecule has 0 saturated carbocycles. The van der Waals surface area contributed by atoms with Crippen molar-refractivity contribution in [3.05, 3.63) is 28.5 Å². The second kappa shape index (κ2) is 6.12. The van der Waals surface area contributed by atoms with Gasteiger partial charge in [-0.1, -0.05) is 22.4 Å². The van der Waals surface area contributed by atoms with Crippen LogP contribution in [0.4, 0.5) is 0 Å². The highest BCUT2D eigenvalue weighted by Crippen LogP contribution is 2.21. The molecule has 2 rings (SSSR count). The van der Waals surface area contributed by atoms with Crippen molar-refractivity contribution in [3.8, 4) is 0 Å². The van der Waals surface area contributed by atoms with Crippen LogP contribution in [0, 0.1) is 0 Å². The first kappa shape index (κ1) is 12.5. The Labute approximate surface area is 114 Å². The van der Waals surface area contributed by atoms with Crippen molar-refractivity contribution in [2.45, 2.75) is 31.8 Å². The average Bonchev–Trinajstić information content (AvgIpc) is 2.30. The lowest BCUT2D eigenvalue weighted by atomic mass is 10.0. The van der Waals surface area contributed by atoms with Crippen molar-refractivity contribution in [1.82, 2.24) is 9.88 Å². The Hall–Kier alpha value is 0.0700. The molecule has 0 N–H and O–H groups in total. The number of hydrogen-bond donors (Lipinski definition) is 0. The minimum Gasteiger partial charge on any atom is -0.295 e. The van der Waals surface area contributed by atoms with Crippen LogP contribution in [0.5, 0.6) is 0 Å². The molecule has 0 radical (unpaired) electrons. The fraction of sp³-hybridized carbons (Fsp3) is 0.583. The van der Waals surface area contributed by atoms with Gasteiger partial charge in [0, 0.05) is 34.8 Å². The molecule has 1 aliphatic rings. The van der Waals surface area contributed by atoms with Crippen molar-refractivity contribution >= 4 is 31.9 Å². The SMILES string of the molecule is BrCC1CCCCN1Cc1cncc(Br)c1. The average molecular weight is 348 g/mol. The van der Waals surface area contributed by atoms with Gasteiger partial charge in [-0.3, -0.25) is 9.88 Å². The van der Waals surface area contributed by atoms with Gasteiger partial charge < -0.3 is 0 Å². The Bertz CT molecular complexity index is 344. The summed E-state index contributed by atoms with van der Waals surface area (Å²) in [6.07, 6.45) is 7.80. The summed E-state index contributed by atoms with van der Waals surface area (Å²) in [5, 5.41) is 1.08. The van der Waals surface area contributed by atoms with E-state index in [0.717, 1.165) is 16.3 Å². The molecule has 0 bridgehead atoms. The van der Waals surface area contributed by atoms with E-state index in [1.807, 2.05) is 12.4 Å². The van der Waals surface area contributed by atoms with Crippen LogP contribution in [0.15, 0.2) is 22.9 Å². The molecule has 1 aliphatic heterocycles. The Kier molecular flexibility index (Phi) is 4.79. The van der Waals surface area contributed by atoms with Gasteiger partial charge in [-0.25, -0.2) is 0 Å². The topological polar surface area (TPSA) is 16.1 Å². The third-order valence-corrected chi connectivity index (χ3v) is 4.26. The maximum atomic E-state index is 4.22. The number of alkyl halides is 1. The summed E-state index contributed by atoms with van der Waals surface area (Å²) < 4.78 is 1.07. The van der Waals surface area contributed by atoms with E-state index in [1.165, 1.54) is 31.4 Å².